The number of halogens is 1. The first-order chi connectivity index (χ1) is 8.70. The number of nitrogen functional groups attached to an aromatic ring is 1. The molecule has 6 heteroatoms. The van der Waals surface area contributed by atoms with Crippen molar-refractivity contribution in [1.29, 1.82) is 0 Å². The largest absolute Gasteiger partial charge is 0.452 e. The number of carbonyl (C=O) groups excluding carboxylic acids is 2. The van der Waals surface area contributed by atoms with Crippen molar-refractivity contribution in [2.75, 3.05) is 12.3 Å². The molecule has 0 aliphatic rings. The highest BCUT2D eigenvalue weighted by molar-refractivity contribution is 6.36. The molecule has 0 saturated carbocycles. The summed E-state index contributed by atoms with van der Waals surface area (Å²) in [6.45, 7) is 5.14. The second kappa shape index (κ2) is 5.93. The van der Waals surface area contributed by atoms with E-state index < -0.39 is 5.97 Å². The molecular formula is C13H17ClN2O3. The first kappa shape index (κ1) is 15.3. The van der Waals surface area contributed by atoms with Gasteiger partial charge in [-0.05, 0) is 32.9 Å². The molecule has 1 aromatic carbocycles. The lowest BCUT2D eigenvalue weighted by molar-refractivity contribution is -0.125. The Bertz CT molecular complexity index is 495. The Morgan fingerprint density at radius 2 is 2.00 bits per heavy atom. The zero-order valence-electron chi connectivity index (χ0n) is 11.1. The van der Waals surface area contributed by atoms with Gasteiger partial charge in [-0.15, -0.1) is 0 Å². The van der Waals surface area contributed by atoms with Crippen LogP contribution in [-0.2, 0) is 9.53 Å². The predicted molar refractivity (Wildman–Crippen MR) is 74.0 cm³/mol. The van der Waals surface area contributed by atoms with Gasteiger partial charge in [-0.25, -0.2) is 4.79 Å². The summed E-state index contributed by atoms with van der Waals surface area (Å²) >= 11 is 5.88. The van der Waals surface area contributed by atoms with Crippen molar-refractivity contribution in [2.24, 2.45) is 0 Å². The Kier molecular flexibility index (Phi) is 4.78. The summed E-state index contributed by atoms with van der Waals surface area (Å²) in [6, 6.07) is 4.65. The topological polar surface area (TPSA) is 81.4 Å². The normalized spacial score (nSPS) is 10.9. The number of benzene rings is 1. The van der Waals surface area contributed by atoms with Gasteiger partial charge in [0.1, 0.15) is 0 Å². The van der Waals surface area contributed by atoms with Crippen LogP contribution in [0.4, 0.5) is 5.69 Å². The summed E-state index contributed by atoms with van der Waals surface area (Å²) in [5.74, 6) is -1.05. The molecule has 0 fully saturated rings. The van der Waals surface area contributed by atoms with E-state index in [0.29, 0.717) is 0 Å². The molecule has 0 atom stereocenters. The lowest BCUT2D eigenvalue weighted by atomic mass is 10.1. The summed E-state index contributed by atoms with van der Waals surface area (Å²) in [6.07, 6.45) is 0. The van der Waals surface area contributed by atoms with Crippen LogP contribution in [0.15, 0.2) is 18.2 Å². The van der Waals surface area contributed by atoms with Crippen LogP contribution in [0.3, 0.4) is 0 Å². The maximum atomic E-state index is 11.7. The van der Waals surface area contributed by atoms with Gasteiger partial charge in [0, 0.05) is 5.54 Å². The van der Waals surface area contributed by atoms with E-state index in [4.69, 9.17) is 22.1 Å². The van der Waals surface area contributed by atoms with Crippen molar-refractivity contribution in [3.05, 3.63) is 28.8 Å². The summed E-state index contributed by atoms with van der Waals surface area (Å²) < 4.78 is 4.88. The average Bonchev–Trinajstić information content (AvgIpc) is 2.27. The fourth-order valence-electron chi connectivity index (χ4n) is 1.37. The number of hydrogen-bond acceptors (Lipinski definition) is 4. The molecular weight excluding hydrogens is 268 g/mol. The van der Waals surface area contributed by atoms with Crippen LogP contribution in [0, 0.1) is 0 Å². The first-order valence-electron chi connectivity index (χ1n) is 5.73. The van der Waals surface area contributed by atoms with Crippen molar-refractivity contribution in [3.8, 4) is 0 Å². The molecule has 104 valence electrons. The highest BCUT2D eigenvalue weighted by atomic mass is 35.5. The number of hydrogen-bond donors (Lipinski definition) is 2. The quantitative estimate of drug-likeness (QED) is 0.657. The van der Waals surface area contributed by atoms with Crippen LogP contribution < -0.4 is 11.1 Å². The van der Waals surface area contributed by atoms with E-state index >= 15 is 0 Å². The van der Waals surface area contributed by atoms with Gasteiger partial charge >= 0.3 is 5.97 Å². The molecule has 1 aromatic rings. The number of amides is 1. The second-order valence-electron chi connectivity index (χ2n) is 5.08. The minimum absolute atomic E-state index is 0.128. The van der Waals surface area contributed by atoms with Crippen molar-refractivity contribution in [1.82, 2.24) is 5.32 Å². The van der Waals surface area contributed by atoms with Crippen molar-refractivity contribution in [3.63, 3.8) is 0 Å². The number of carbonyl (C=O) groups is 2. The number of ether oxygens (including phenoxy) is 1. The van der Waals surface area contributed by atoms with Gasteiger partial charge in [0.05, 0.1) is 16.3 Å². The Labute approximate surface area is 117 Å². The molecule has 0 aliphatic carbocycles. The van der Waals surface area contributed by atoms with Crippen molar-refractivity contribution >= 4 is 29.2 Å². The number of anilines is 1. The van der Waals surface area contributed by atoms with Gasteiger partial charge in [0.25, 0.3) is 5.91 Å². The van der Waals surface area contributed by atoms with Gasteiger partial charge in [-0.2, -0.15) is 0 Å². The van der Waals surface area contributed by atoms with Gasteiger partial charge in [-0.3, -0.25) is 4.79 Å². The van der Waals surface area contributed by atoms with E-state index in [0.717, 1.165) is 0 Å². The molecule has 0 saturated heterocycles. The van der Waals surface area contributed by atoms with Crippen LogP contribution >= 0.6 is 11.6 Å². The van der Waals surface area contributed by atoms with E-state index in [1.165, 1.54) is 6.07 Å². The maximum absolute atomic E-state index is 11.7. The van der Waals surface area contributed by atoms with Crippen LogP contribution in [0.1, 0.15) is 31.1 Å². The molecule has 1 amide bonds. The van der Waals surface area contributed by atoms with Crippen LogP contribution in [0.25, 0.3) is 0 Å². The first-order valence-corrected chi connectivity index (χ1v) is 6.10. The minimum Gasteiger partial charge on any atom is -0.452 e. The van der Waals surface area contributed by atoms with Gasteiger partial charge < -0.3 is 15.8 Å². The number of rotatable bonds is 3. The zero-order valence-corrected chi connectivity index (χ0v) is 11.9. The third-order valence-corrected chi connectivity index (χ3v) is 2.52. The monoisotopic (exact) mass is 284 g/mol. The van der Waals surface area contributed by atoms with Crippen molar-refractivity contribution in [2.45, 2.75) is 26.3 Å². The van der Waals surface area contributed by atoms with E-state index in [-0.39, 0.29) is 34.3 Å². The van der Waals surface area contributed by atoms with Crippen molar-refractivity contribution < 1.29 is 14.3 Å². The molecule has 1 rings (SSSR count). The lowest BCUT2D eigenvalue weighted by Gasteiger charge is -2.20. The third kappa shape index (κ3) is 4.79. The maximum Gasteiger partial charge on any atom is 0.340 e. The Hall–Kier alpha value is -1.75. The molecule has 5 nitrogen and oxygen atoms in total. The fourth-order valence-corrected chi connectivity index (χ4v) is 1.57. The summed E-state index contributed by atoms with van der Waals surface area (Å²) in [5.41, 5.74) is 5.63. The summed E-state index contributed by atoms with van der Waals surface area (Å²) in [5, 5.41) is 2.81. The van der Waals surface area contributed by atoms with Gasteiger partial charge in [0.2, 0.25) is 0 Å². The number of nitrogens with two attached hydrogens (primary N) is 1. The lowest BCUT2D eigenvalue weighted by Crippen LogP contribution is -2.42. The highest BCUT2D eigenvalue weighted by Gasteiger charge is 2.17. The van der Waals surface area contributed by atoms with Gasteiger partial charge in [-0.1, -0.05) is 17.7 Å². The SMILES string of the molecule is CC(C)(C)NC(=O)COC(=O)c1cccc(N)c1Cl. The molecule has 0 aromatic heterocycles. The minimum atomic E-state index is -0.679. The summed E-state index contributed by atoms with van der Waals surface area (Å²) in [7, 11) is 0. The average molecular weight is 285 g/mol. The highest BCUT2D eigenvalue weighted by Crippen LogP contribution is 2.23. The molecule has 0 heterocycles. The molecule has 0 spiro atoms. The summed E-state index contributed by atoms with van der Waals surface area (Å²) in [4.78, 5) is 23.2. The van der Waals surface area contributed by atoms with E-state index in [9.17, 15) is 9.59 Å². The van der Waals surface area contributed by atoms with Gasteiger partial charge in [0.15, 0.2) is 6.61 Å². The Morgan fingerprint density at radius 3 is 2.58 bits per heavy atom. The van der Waals surface area contributed by atoms with E-state index in [1.54, 1.807) is 12.1 Å². The van der Waals surface area contributed by atoms with Crippen LogP contribution in [0.2, 0.25) is 5.02 Å². The fraction of sp³-hybridized carbons (Fsp3) is 0.385. The second-order valence-corrected chi connectivity index (χ2v) is 5.46. The molecule has 0 bridgehead atoms. The molecule has 0 aliphatic heterocycles. The number of nitrogens with one attached hydrogen (secondary N) is 1. The third-order valence-electron chi connectivity index (χ3n) is 2.10. The molecule has 3 N–H and O–H groups in total. The standard InChI is InChI=1S/C13H17ClN2O3/c1-13(2,3)16-10(17)7-19-12(18)8-5-4-6-9(15)11(8)14/h4-6H,7,15H2,1-3H3,(H,16,17). The zero-order chi connectivity index (χ0) is 14.6. The number of esters is 1. The molecule has 0 unspecified atom stereocenters. The van der Waals surface area contributed by atoms with E-state index in [1.807, 2.05) is 20.8 Å². The Morgan fingerprint density at radius 1 is 1.37 bits per heavy atom. The molecule has 0 radical (unpaired) electrons. The predicted octanol–water partition coefficient (Wildman–Crippen LogP) is 1.99. The van der Waals surface area contributed by atoms with Crippen LogP contribution in [0.5, 0.6) is 0 Å². The van der Waals surface area contributed by atoms with E-state index in [2.05, 4.69) is 5.32 Å². The molecule has 19 heavy (non-hydrogen) atoms. The smallest absolute Gasteiger partial charge is 0.340 e. The Balaban J connectivity index is 2.61. The van der Waals surface area contributed by atoms with Crippen LogP contribution in [-0.4, -0.2) is 24.0 Å².